The zero-order valence-electron chi connectivity index (χ0n) is 15.1. The normalized spacial score (nSPS) is 10.9. The molecule has 0 aliphatic heterocycles. The van der Waals surface area contributed by atoms with Gasteiger partial charge in [-0.2, -0.15) is 0 Å². The third-order valence-electron chi connectivity index (χ3n) is 4.75. The highest BCUT2D eigenvalue weighted by Crippen LogP contribution is 2.22. The highest BCUT2D eigenvalue weighted by atomic mass is 14.7. The summed E-state index contributed by atoms with van der Waals surface area (Å²) in [4.78, 5) is 8.94. The molecule has 2 nitrogen and oxygen atoms in total. The van der Waals surface area contributed by atoms with Gasteiger partial charge in [-0.1, -0.05) is 66.7 Å². The van der Waals surface area contributed by atoms with Crippen molar-refractivity contribution in [1.29, 1.82) is 0 Å². The van der Waals surface area contributed by atoms with Crippen LogP contribution in [0.5, 0.6) is 0 Å². The van der Waals surface area contributed by atoms with E-state index in [2.05, 4.69) is 46.4 Å². The lowest BCUT2D eigenvalue weighted by molar-refractivity contribution is 1.44. The second-order valence-electron chi connectivity index (χ2n) is 6.56. The molecule has 6 aromatic rings. The Bertz CT molecular complexity index is 1240. The highest BCUT2D eigenvalue weighted by Gasteiger charge is 1.99. The van der Waals surface area contributed by atoms with E-state index in [1.165, 1.54) is 10.8 Å². The first-order chi connectivity index (χ1) is 13.9. The molecular weight excluding hydrogens is 340 g/mol. The van der Waals surface area contributed by atoms with Gasteiger partial charge in [0.05, 0.1) is 16.6 Å². The van der Waals surface area contributed by atoms with Gasteiger partial charge in [-0.15, -0.1) is 0 Å². The minimum Gasteiger partial charge on any atom is -0.256 e. The lowest BCUT2D eigenvalue weighted by Gasteiger charge is -2.00. The summed E-state index contributed by atoms with van der Waals surface area (Å²) < 4.78 is 0. The summed E-state index contributed by atoms with van der Waals surface area (Å²) >= 11 is 0. The Kier molecular flexibility index (Phi) is 4.15. The second-order valence-corrected chi connectivity index (χ2v) is 6.56. The first-order valence-electron chi connectivity index (χ1n) is 9.19. The van der Waals surface area contributed by atoms with E-state index in [1.807, 2.05) is 72.9 Å². The number of rotatable bonds is 0. The molecule has 0 aliphatic carbocycles. The van der Waals surface area contributed by atoms with Gasteiger partial charge in [-0.05, 0) is 36.4 Å². The van der Waals surface area contributed by atoms with Gasteiger partial charge in [0.25, 0.3) is 0 Å². The predicted molar refractivity (Wildman–Crippen MR) is 116 cm³/mol. The largest absolute Gasteiger partial charge is 0.256 e. The van der Waals surface area contributed by atoms with Crippen LogP contribution in [0.25, 0.3) is 43.5 Å². The molecule has 0 spiro atoms. The molecule has 0 unspecified atom stereocenters. The topological polar surface area (TPSA) is 25.8 Å². The Hall–Kier alpha value is -3.78. The van der Waals surface area contributed by atoms with E-state index < -0.39 is 0 Å². The minimum atomic E-state index is 1.01. The summed E-state index contributed by atoms with van der Waals surface area (Å²) in [6.45, 7) is 0. The van der Waals surface area contributed by atoms with Crippen molar-refractivity contribution in [3.63, 3.8) is 0 Å². The molecule has 2 heterocycles. The number of fused-ring (bicyclic) bond motifs is 5. The Morgan fingerprint density at radius 3 is 2.29 bits per heavy atom. The van der Waals surface area contributed by atoms with Gasteiger partial charge in [0.2, 0.25) is 0 Å². The highest BCUT2D eigenvalue weighted by molar-refractivity contribution is 6.04. The van der Waals surface area contributed by atoms with Gasteiger partial charge < -0.3 is 0 Å². The molecule has 0 atom stereocenters. The van der Waals surface area contributed by atoms with Crippen LogP contribution in [0.1, 0.15) is 0 Å². The fraction of sp³-hybridized carbons (Fsp3) is 0. The molecule has 0 bridgehead atoms. The number of hydrogen-bond acceptors (Lipinski definition) is 2. The summed E-state index contributed by atoms with van der Waals surface area (Å²) in [5.41, 5.74) is 3.08. The van der Waals surface area contributed by atoms with Gasteiger partial charge in [-0.25, -0.2) is 4.98 Å². The number of benzene rings is 4. The van der Waals surface area contributed by atoms with Crippen LogP contribution < -0.4 is 0 Å². The molecule has 0 aliphatic rings. The van der Waals surface area contributed by atoms with Crippen LogP contribution in [-0.2, 0) is 0 Å². The molecule has 0 saturated carbocycles. The summed E-state index contributed by atoms with van der Waals surface area (Å²) in [6.07, 6.45) is 1.90. The molecule has 0 saturated heterocycles. The van der Waals surface area contributed by atoms with Crippen molar-refractivity contribution in [2.75, 3.05) is 0 Å². The maximum absolute atomic E-state index is 4.55. The van der Waals surface area contributed by atoms with Crippen molar-refractivity contribution >= 4 is 43.5 Å². The van der Waals surface area contributed by atoms with E-state index in [9.17, 15) is 0 Å². The molecule has 6 rings (SSSR count). The van der Waals surface area contributed by atoms with Crippen LogP contribution >= 0.6 is 0 Å². The van der Waals surface area contributed by atoms with Crippen molar-refractivity contribution in [2.45, 2.75) is 0 Å². The standard InChI is InChI=1S/2C13H8N/c1-3-7-12-10(5-1)9-11-6-2-4-8-13(11)14-12;1-2-6-11-10(5-1)9-14-13-8-4-3-7-12(11)13/h2*1-5,7-9H. The van der Waals surface area contributed by atoms with Crippen molar-refractivity contribution in [1.82, 2.24) is 9.97 Å². The van der Waals surface area contributed by atoms with Crippen molar-refractivity contribution in [3.05, 3.63) is 109 Å². The van der Waals surface area contributed by atoms with Crippen LogP contribution in [0.3, 0.4) is 0 Å². The SMILES string of the molecule is [c]1cccc2cnc3ccccc3c12.[c]1cccc2nc3ccccc3cc12. The fourth-order valence-corrected chi connectivity index (χ4v) is 3.38. The van der Waals surface area contributed by atoms with Gasteiger partial charge in [0.15, 0.2) is 0 Å². The molecule has 4 aromatic carbocycles. The molecular formula is C26H16N2. The van der Waals surface area contributed by atoms with Gasteiger partial charge >= 0.3 is 0 Å². The summed E-state index contributed by atoms with van der Waals surface area (Å²) in [6, 6.07) is 36.7. The number of hydrogen-bond donors (Lipinski definition) is 0. The zero-order valence-corrected chi connectivity index (χ0v) is 15.1. The molecule has 0 fully saturated rings. The maximum atomic E-state index is 4.55. The maximum Gasteiger partial charge on any atom is 0.0715 e. The third-order valence-corrected chi connectivity index (χ3v) is 4.75. The van der Waals surface area contributed by atoms with Gasteiger partial charge in [-0.3, -0.25) is 4.98 Å². The lowest BCUT2D eigenvalue weighted by atomic mass is 10.1. The Labute approximate surface area is 163 Å². The zero-order chi connectivity index (χ0) is 18.8. The molecule has 28 heavy (non-hydrogen) atoms. The number of para-hydroxylation sites is 2. The Balaban J connectivity index is 0.000000122. The van der Waals surface area contributed by atoms with E-state index in [-0.39, 0.29) is 0 Å². The Morgan fingerprint density at radius 2 is 1.32 bits per heavy atom. The van der Waals surface area contributed by atoms with Crippen LogP contribution in [0.2, 0.25) is 0 Å². The first kappa shape index (κ1) is 16.4. The fourth-order valence-electron chi connectivity index (χ4n) is 3.38. The van der Waals surface area contributed by atoms with Crippen molar-refractivity contribution < 1.29 is 0 Å². The quantitative estimate of drug-likeness (QED) is 0.233. The minimum absolute atomic E-state index is 1.01. The van der Waals surface area contributed by atoms with Gasteiger partial charge in [0, 0.05) is 33.1 Å². The van der Waals surface area contributed by atoms with E-state index in [4.69, 9.17) is 0 Å². The monoisotopic (exact) mass is 356 g/mol. The van der Waals surface area contributed by atoms with E-state index in [1.54, 1.807) is 0 Å². The summed E-state index contributed by atoms with van der Waals surface area (Å²) in [5, 5.41) is 5.71. The molecule has 2 radical (unpaired) electrons. The molecule has 2 aromatic heterocycles. The van der Waals surface area contributed by atoms with Crippen molar-refractivity contribution in [2.24, 2.45) is 0 Å². The molecule has 130 valence electrons. The van der Waals surface area contributed by atoms with Crippen molar-refractivity contribution in [3.8, 4) is 0 Å². The molecule has 0 N–H and O–H groups in total. The van der Waals surface area contributed by atoms with Gasteiger partial charge in [0.1, 0.15) is 0 Å². The molecule has 0 amide bonds. The van der Waals surface area contributed by atoms with Crippen LogP contribution in [0, 0.1) is 12.1 Å². The summed E-state index contributed by atoms with van der Waals surface area (Å²) in [5.74, 6) is 0. The average molecular weight is 356 g/mol. The van der Waals surface area contributed by atoms with Crippen LogP contribution in [-0.4, -0.2) is 9.97 Å². The Morgan fingerprint density at radius 1 is 0.607 bits per heavy atom. The van der Waals surface area contributed by atoms with E-state index in [0.717, 1.165) is 32.7 Å². The van der Waals surface area contributed by atoms with E-state index >= 15 is 0 Å². The number of pyridine rings is 2. The van der Waals surface area contributed by atoms with E-state index in [0.29, 0.717) is 0 Å². The lowest BCUT2D eigenvalue weighted by Crippen LogP contribution is -1.80. The predicted octanol–water partition coefficient (Wildman–Crippen LogP) is 6.38. The van der Waals surface area contributed by atoms with Crippen LogP contribution in [0.4, 0.5) is 0 Å². The number of aromatic nitrogens is 2. The smallest absolute Gasteiger partial charge is 0.0715 e. The second kappa shape index (κ2) is 7.09. The van der Waals surface area contributed by atoms with Crippen LogP contribution in [0.15, 0.2) is 97.2 Å². The first-order valence-corrected chi connectivity index (χ1v) is 9.19. The third kappa shape index (κ3) is 3.06. The summed E-state index contributed by atoms with van der Waals surface area (Å²) in [7, 11) is 0. The molecule has 2 heteroatoms. The number of nitrogens with zero attached hydrogens (tertiary/aromatic N) is 2. The average Bonchev–Trinajstić information content (AvgIpc) is 2.78.